The lowest BCUT2D eigenvalue weighted by Gasteiger charge is -2.35. The van der Waals surface area contributed by atoms with Gasteiger partial charge in [0.15, 0.2) is 0 Å². The number of hydrogen-bond donors (Lipinski definition) is 3. The van der Waals surface area contributed by atoms with E-state index < -0.39 is 42.4 Å². The summed E-state index contributed by atoms with van der Waals surface area (Å²) < 4.78 is 0. The molecule has 0 saturated heterocycles. The Balaban J connectivity index is 4.87. The Hall–Kier alpha value is -1.63. The lowest BCUT2D eigenvalue weighted by molar-refractivity contribution is -0.150. The summed E-state index contributed by atoms with van der Waals surface area (Å²) >= 11 is 0. The first-order valence-electron chi connectivity index (χ1n) is 5.06. The van der Waals surface area contributed by atoms with E-state index in [1.807, 2.05) is 0 Å². The fraction of sp³-hybridized carbons (Fsp3) is 0.700. The van der Waals surface area contributed by atoms with E-state index in [2.05, 4.69) is 0 Å². The molecule has 0 aliphatic rings. The van der Waals surface area contributed by atoms with E-state index in [0.717, 1.165) is 4.90 Å². The number of aliphatic carboxylic acids is 2. The van der Waals surface area contributed by atoms with Crippen molar-refractivity contribution in [1.29, 1.82) is 0 Å². The first-order chi connectivity index (χ1) is 7.55. The smallest absolute Gasteiger partial charge is 0.323 e. The maximum atomic E-state index is 11.8. The van der Waals surface area contributed by atoms with Crippen molar-refractivity contribution in [3.05, 3.63) is 0 Å². The first kappa shape index (κ1) is 15.4. The molecule has 7 heteroatoms. The highest BCUT2D eigenvalue weighted by Crippen LogP contribution is 2.14. The van der Waals surface area contributed by atoms with Crippen molar-refractivity contribution in [3.8, 4) is 0 Å². The van der Waals surface area contributed by atoms with E-state index in [4.69, 9.17) is 15.9 Å². The van der Waals surface area contributed by atoms with E-state index in [1.54, 1.807) is 20.8 Å². The van der Waals surface area contributed by atoms with Gasteiger partial charge in [0.2, 0.25) is 5.91 Å². The van der Waals surface area contributed by atoms with Crippen LogP contribution in [0.1, 0.15) is 27.2 Å². The second-order valence-electron chi connectivity index (χ2n) is 4.69. The largest absolute Gasteiger partial charge is 0.481 e. The van der Waals surface area contributed by atoms with Crippen LogP contribution >= 0.6 is 0 Å². The summed E-state index contributed by atoms with van der Waals surface area (Å²) in [6.45, 7) is 4.46. The predicted octanol–water partition coefficient (Wildman–Crippen LogP) is -0.500. The highest BCUT2D eigenvalue weighted by molar-refractivity contribution is 5.88. The molecule has 17 heavy (non-hydrogen) atoms. The lowest BCUT2D eigenvalue weighted by Crippen LogP contribution is -2.54. The molecule has 0 fully saturated rings. The average Bonchev–Trinajstić information content (AvgIpc) is 2.09. The van der Waals surface area contributed by atoms with Crippen LogP contribution in [0, 0.1) is 0 Å². The Morgan fingerprint density at radius 1 is 1.18 bits per heavy atom. The van der Waals surface area contributed by atoms with Crippen molar-refractivity contribution in [3.63, 3.8) is 0 Å². The third-order valence-corrected chi connectivity index (χ3v) is 2.08. The summed E-state index contributed by atoms with van der Waals surface area (Å²) in [5, 5.41) is 17.2. The van der Waals surface area contributed by atoms with Crippen LogP contribution in [0.15, 0.2) is 0 Å². The Kier molecular flexibility index (Phi) is 5.09. The van der Waals surface area contributed by atoms with E-state index >= 15 is 0 Å². The number of carboxylic acid groups (broad SMARTS) is 2. The van der Waals surface area contributed by atoms with E-state index in [-0.39, 0.29) is 0 Å². The summed E-state index contributed by atoms with van der Waals surface area (Å²) in [4.78, 5) is 34.0. The number of nitrogens with zero attached hydrogens (tertiary/aromatic N) is 1. The van der Waals surface area contributed by atoms with Gasteiger partial charge in [-0.15, -0.1) is 0 Å². The molecule has 0 aliphatic heterocycles. The van der Waals surface area contributed by atoms with Crippen LogP contribution in [0.4, 0.5) is 0 Å². The number of rotatable bonds is 5. The minimum atomic E-state index is -1.23. The maximum absolute atomic E-state index is 11.8. The van der Waals surface area contributed by atoms with Crippen LogP contribution in [0.5, 0.6) is 0 Å². The molecule has 1 atom stereocenters. The molecule has 0 radical (unpaired) electrons. The molecule has 1 unspecified atom stereocenters. The van der Waals surface area contributed by atoms with Crippen LogP contribution < -0.4 is 5.73 Å². The summed E-state index contributed by atoms with van der Waals surface area (Å²) in [6.07, 6.45) is -0.523. The molecule has 0 rings (SSSR count). The highest BCUT2D eigenvalue weighted by atomic mass is 16.4. The van der Waals surface area contributed by atoms with Gasteiger partial charge in [0, 0.05) is 5.54 Å². The van der Waals surface area contributed by atoms with Gasteiger partial charge in [0.05, 0.1) is 12.5 Å². The SMILES string of the molecule is CC(C)(C)N(CC(=O)O)C(=O)C(N)CC(=O)O. The molecule has 98 valence electrons. The monoisotopic (exact) mass is 246 g/mol. The van der Waals surface area contributed by atoms with Gasteiger partial charge in [-0.2, -0.15) is 0 Å². The lowest BCUT2D eigenvalue weighted by atomic mass is 10.0. The standard InChI is InChI=1S/C10H18N2O5/c1-10(2,3)12(5-8(15)16)9(17)6(11)4-7(13)14/h6H,4-5,11H2,1-3H3,(H,13,14)(H,15,16). The second kappa shape index (κ2) is 5.62. The summed E-state index contributed by atoms with van der Waals surface area (Å²) in [7, 11) is 0. The Morgan fingerprint density at radius 2 is 1.65 bits per heavy atom. The minimum absolute atomic E-state index is 0.504. The van der Waals surface area contributed by atoms with Gasteiger partial charge >= 0.3 is 11.9 Å². The molecular weight excluding hydrogens is 228 g/mol. The van der Waals surface area contributed by atoms with E-state index in [9.17, 15) is 14.4 Å². The van der Waals surface area contributed by atoms with Crippen LogP contribution in [-0.4, -0.2) is 51.1 Å². The van der Waals surface area contributed by atoms with Gasteiger partial charge in [0.25, 0.3) is 0 Å². The van der Waals surface area contributed by atoms with Crippen LogP contribution in [0.3, 0.4) is 0 Å². The van der Waals surface area contributed by atoms with Crippen molar-refractivity contribution in [2.24, 2.45) is 5.73 Å². The zero-order valence-corrected chi connectivity index (χ0v) is 10.1. The molecule has 0 aromatic heterocycles. The van der Waals surface area contributed by atoms with Gasteiger partial charge in [-0.3, -0.25) is 14.4 Å². The number of carboxylic acids is 2. The summed E-state index contributed by atoms with van der Waals surface area (Å²) in [5.41, 5.74) is 4.70. The molecule has 0 aromatic carbocycles. The molecule has 0 aromatic rings. The predicted molar refractivity (Wildman–Crippen MR) is 59.3 cm³/mol. The Labute approximate surface area is 99.2 Å². The molecule has 0 heterocycles. The quantitative estimate of drug-likeness (QED) is 0.601. The number of carbonyl (C=O) groups excluding carboxylic acids is 1. The molecule has 0 spiro atoms. The van der Waals surface area contributed by atoms with Crippen LogP contribution in [0.25, 0.3) is 0 Å². The Morgan fingerprint density at radius 3 is 1.94 bits per heavy atom. The topological polar surface area (TPSA) is 121 Å². The van der Waals surface area contributed by atoms with Crippen molar-refractivity contribution in [2.75, 3.05) is 6.54 Å². The number of carbonyl (C=O) groups is 3. The zero-order valence-electron chi connectivity index (χ0n) is 10.1. The fourth-order valence-corrected chi connectivity index (χ4v) is 1.26. The molecule has 4 N–H and O–H groups in total. The van der Waals surface area contributed by atoms with Crippen molar-refractivity contribution in [1.82, 2.24) is 4.90 Å². The molecule has 0 aliphatic carbocycles. The molecule has 1 amide bonds. The molecule has 0 saturated carbocycles. The van der Waals surface area contributed by atoms with Crippen molar-refractivity contribution in [2.45, 2.75) is 38.8 Å². The molecule has 0 bridgehead atoms. The number of amides is 1. The Bertz CT molecular complexity index is 321. The van der Waals surface area contributed by atoms with Gasteiger partial charge < -0.3 is 20.8 Å². The van der Waals surface area contributed by atoms with E-state index in [0.29, 0.717) is 0 Å². The molecular formula is C10H18N2O5. The molecule has 7 nitrogen and oxygen atoms in total. The minimum Gasteiger partial charge on any atom is -0.481 e. The number of hydrogen-bond acceptors (Lipinski definition) is 4. The van der Waals surface area contributed by atoms with Crippen LogP contribution in [-0.2, 0) is 14.4 Å². The third kappa shape index (κ3) is 5.30. The van der Waals surface area contributed by atoms with E-state index in [1.165, 1.54) is 0 Å². The average molecular weight is 246 g/mol. The van der Waals surface area contributed by atoms with Crippen molar-refractivity contribution < 1.29 is 24.6 Å². The summed E-state index contributed by atoms with van der Waals surface area (Å²) in [5.74, 6) is -3.05. The van der Waals surface area contributed by atoms with Gasteiger partial charge in [-0.1, -0.05) is 0 Å². The third-order valence-electron chi connectivity index (χ3n) is 2.08. The maximum Gasteiger partial charge on any atom is 0.323 e. The number of nitrogens with two attached hydrogens (primary N) is 1. The van der Waals surface area contributed by atoms with Gasteiger partial charge in [-0.25, -0.2) is 0 Å². The van der Waals surface area contributed by atoms with Crippen molar-refractivity contribution >= 4 is 17.8 Å². The van der Waals surface area contributed by atoms with Gasteiger partial charge in [-0.05, 0) is 20.8 Å². The van der Waals surface area contributed by atoms with Crippen LogP contribution in [0.2, 0.25) is 0 Å². The summed E-state index contributed by atoms with van der Waals surface area (Å²) in [6, 6.07) is -1.23. The second-order valence-corrected chi connectivity index (χ2v) is 4.69. The highest BCUT2D eigenvalue weighted by Gasteiger charge is 2.32. The first-order valence-corrected chi connectivity index (χ1v) is 5.06. The normalized spacial score (nSPS) is 12.9. The van der Waals surface area contributed by atoms with Gasteiger partial charge in [0.1, 0.15) is 6.54 Å². The fourth-order valence-electron chi connectivity index (χ4n) is 1.26. The zero-order chi connectivity index (χ0) is 13.8.